The van der Waals surface area contributed by atoms with Crippen molar-refractivity contribution in [1.82, 2.24) is 5.32 Å². The van der Waals surface area contributed by atoms with Crippen LogP contribution in [0.5, 0.6) is 5.75 Å². The van der Waals surface area contributed by atoms with Crippen molar-refractivity contribution in [2.45, 2.75) is 19.4 Å². The second kappa shape index (κ2) is 8.65. The van der Waals surface area contributed by atoms with Gasteiger partial charge in [-0.3, -0.25) is 9.59 Å². The summed E-state index contributed by atoms with van der Waals surface area (Å²) in [4.78, 5) is 23.5. The van der Waals surface area contributed by atoms with Gasteiger partial charge in [-0.15, -0.1) is 0 Å². The van der Waals surface area contributed by atoms with Gasteiger partial charge in [0.1, 0.15) is 5.75 Å². The largest absolute Gasteiger partial charge is 0.494 e. The van der Waals surface area contributed by atoms with Crippen LogP contribution >= 0.6 is 11.8 Å². The number of amides is 2. The lowest BCUT2D eigenvalue weighted by Crippen LogP contribution is -2.45. The molecule has 0 unspecified atom stereocenters. The van der Waals surface area contributed by atoms with Crippen LogP contribution in [0.15, 0.2) is 24.3 Å². The van der Waals surface area contributed by atoms with Crippen LogP contribution in [-0.4, -0.2) is 47.7 Å². The van der Waals surface area contributed by atoms with Crippen LogP contribution in [0.2, 0.25) is 0 Å². The number of ether oxygens (including phenoxy) is 1. The van der Waals surface area contributed by atoms with Crippen LogP contribution in [0.25, 0.3) is 0 Å². The molecule has 0 spiro atoms. The molecule has 0 aliphatic rings. The second-order valence-electron chi connectivity index (χ2n) is 5.02. The molecule has 22 heavy (non-hydrogen) atoms. The summed E-state index contributed by atoms with van der Waals surface area (Å²) in [6.07, 6.45) is 1.86. The lowest BCUT2D eigenvalue weighted by molar-refractivity contribution is -0.136. The molecule has 6 nitrogen and oxygen atoms in total. The zero-order valence-electron chi connectivity index (χ0n) is 13.0. The van der Waals surface area contributed by atoms with Crippen molar-refractivity contribution in [3.63, 3.8) is 0 Å². The van der Waals surface area contributed by atoms with E-state index in [4.69, 9.17) is 4.74 Å². The molecule has 0 saturated carbocycles. The Morgan fingerprint density at radius 3 is 2.45 bits per heavy atom. The number of rotatable bonds is 7. The maximum absolute atomic E-state index is 11.8. The van der Waals surface area contributed by atoms with Gasteiger partial charge in [0.05, 0.1) is 12.2 Å². The molecule has 1 rings (SSSR count). The van der Waals surface area contributed by atoms with E-state index in [1.807, 2.05) is 13.2 Å². The lowest BCUT2D eigenvalue weighted by Gasteiger charge is -2.22. The van der Waals surface area contributed by atoms with E-state index in [9.17, 15) is 14.7 Å². The van der Waals surface area contributed by atoms with Crippen LogP contribution in [0.3, 0.4) is 0 Å². The van der Waals surface area contributed by atoms with Crippen molar-refractivity contribution < 1.29 is 19.4 Å². The van der Waals surface area contributed by atoms with E-state index in [2.05, 4.69) is 10.6 Å². The highest BCUT2D eigenvalue weighted by molar-refractivity contribution is 7.98. The summed E-state index contributed by atoms with van der Waals surface area (Å²) in [7, 11) is 0. The van der Waals surface area contributed by atoms with Crippen LogP contribution in [-0.2, 0) is 9.59 Å². The molecule has 0 bridgehead atoms. The predicted octanol–water partition coefficient (Wildman–Crippen LogP) is 1.25. The maximum Gasteiger partial charge on any atom is 0.313 e. The molecular weight excluding hydrogens is 304 g/mol. The smallest absolute Gasteiger partial charge is 0.313 e. The average Bonchev–Trinajstić information content (AvgIpc) is 2.47. The van der Waals surface area contributed by atoms with Crippen molar-refractivity contribution in [2.24, 2.45) is 0 Å². The van der Waals surface area contributed by atoms with Gasteiger partial charge >= 0.3 is 11.8 Å². The highest BCUT2D eigenvalue weighted by Crippen LogP contribution is 2.15. The van der Waals surface area contributed by atoms with Crippen molar-refractivity contribution in [2.75, 3.05) is 30.5 Å². The number of carbonyl (C=O) groups is 2. The first-order valence-corrected chi connectivity index (χ1v) is 8.30. The van der Waals surface area contributed by atoms with Crippen molar-refractivity contribution in [3.05, 3.63) is 24.3 Å². The first-order chi connectivity index (χ1) is 10.4. The normalized spacial score (nSPS) is 13.1. The Morgan fingerprint density at radius 2 is 1.91 bits per heavy atom. The fraction of sp³-hybridized carbons (Fsp3) is 0.467. The van der Waals surface area contributed by atoms with Crippen LogP contribution in [0.1, 0.15) is 13.8 Å². The van der Waals surface area contributed by atoms with E-state index in [0.29, 0.717) is 23.8 Å². The molecule has 1 atom stereocenters. The molecule has 7 heteroatoms. The molecule has 3 N–H and O–H groups in total. The van der Waals surface area contributed by atoms with Gasteiger partial charge in [0.15, 0.2) is 0 Å². The fourth-order valence-electron chi connectivity index (χ4n) is 1.70. The van der Waals surface area contributed by atoms with Gasteiger partial charge in [-0.05, 0) is 44.4 Å². The minimum absolute atomic E-state index is 0.0172. The molecule has 0 fully saturated rings. The fourth-order valence-corrected chi connectivity index (χ4v) is 2.43. The van der Waals surface area contributed by atoms with E-state index in [1.165, 1.54) is 11.8 Å². The Morgan fingerprint density at radius 1 is 1.27 bits per heavy atom. The molecule has 1 aromatic carbocycles. The molecule has 0 aliphatic heterocycles. The first-order valence-electron chi connectivity index (χ1n) is 6.91. The number of hydrogen-bond acceptors (Lipinski definition) is 5. The number of nitrogens with one attached hydrogen (secondary N) is 2. The van der Waals surface area contributed by atoms with Gasteiger partial charge in [0.2, 0.25) is 0 Å². The average molecular weight is 326 g/mol. The Hall–Kier alpha value is -1.73. The second-order valence-corrected chi connectivity index (χ2v) is 5.89. The molecule has 0 heterocycles. The van der Waals surface area contributed by atoms with E-state index < -0.39 is 17.4 Å². The number of anilines is 1. The predicted molar refractivity (Wildman–Crippen MR) is 88.3 cm³/mol. The maximum atomic E-state index is 11.8. The third-order valence-corrected chi connectivity index (χ3v) is 3.63. The Balaban J connectivity index is 2.48. The Labute approximate surface area is 134 Å². The number of hydrogen-bond donors (Lipinski definition) is 3. The SMILES string of the molecule is CCOc1ccc(NC(=O)C(=O)NC[C@](C)(O)CSC)cc1. The summed E-state index contributed by atoms with van der Waals surface area (Å²) in [5, 5.41) is 14.8. The molecular formula is C15H22N2O4S. The summed E-state index contributed by atoms with van der Waals surface area (Å²) in [5.41, 5.74) is -0.548. The molecule has 2 amide bonds. The number of carbonyl (C=O) groups excluding carboxylic acids is 2. The highest BCUT2D eigenvalue weighted by atomic mass is 32.2. The number of benzene rings is 1. The van der Waals surface area contributed by atoms with Crippen LogP contribution < -0.4 is 15.4 Å². The molecule has 1 aromatic rings. The summed E-state index contributed by atoms with van der Waals surface area (Å²) in [6, 6.07) is 6.72. The summed E-state index contributed by atoms with van der Waals surface area (Å²) in [5.74, 6) is -0.397. The zero-order valence-corrected chi connectivity index (χ0v) is 13.8. The first kappa shape index (κ1) is 18.3. The van der Waals surface area contributed by atoms with E-state index in [-0.39, 0.29) is 6.54 Å². The molecule has 122 valence electrons. The standard InChI is InChI=1S/C15H22N2O4S/c1-4-21-12-7-5-11(6-8-12)17-14(19)13(18)16-9-15(2,20)10-22-3/h5-8,20H,4,9-10H2,1-3H3,(H,16,18)(H,17,19)/t15-/m0/s1. The lowest BCUT2D eigenvalue weighted by atomic mass is 10.1. The minimum atomic E-state index is -1.05. The van der Waals surface area contributed by atoms with Gasteiger partial charge in [-0.1, -0.05) is 0 Å². The minimum Gasteiger partial charge on any atom is -0.494 e. The summed E-state index contributed by atoms with van der Waals surface area (Å²) >= 11 is 1.46. The number of aliphatic hydroxyl groups is 1. The van der Waals surface area contributed by atoms with Gasteiger partial charge in [-0.25, -0.2) is 0 Å². The summed E-state index contributed by atoms with van der Waals surface area (Å²) < 4.78 is 5.29. The zero-order chi connectivity index (χ0) is 16.6. The third kappa shape index (κ3) is 6.36. The monoisotopic (exact) mass is 326 g/mol. The van der Waals surface area contributed by atoms with E-state index in [0.717, 1.165) is 0 Å². The van der Waals surface area contributed by atoms with Gasteiger partial charge in [-0.2, -0.15) is 11.8 Å². The number of thioether (sulfide) groups is 1. The van der Waals surface area contributed by atoms with E-state index in [1.54, 1.807) is 31.2 Å². The Bertz CT molecular complexity index is 503. The Kier molecular flexibility index (Phi) is 7.20. The van der Waals surface area contributed by atoms with Crippen molar-refractivity contribution in [1.29, 1.82) is 0 Å². The quantitative estimate of drug-likeness (QED) is 0.657. The highest BCUT2D eigenvalue weighted by Gasteiger charge is 2.22. The van der Waals surface area contributed by atoms with Crippen LogP contribution in [0, 0.1) is 0 Å². The topological polar surface area (TPSA) is 87.7 Å². The molecule has 0 aliphatic carbocycles. The van der Waals surface area contributed by atoms with Crippen molar-refractivity contribution in [3.8, 4) is 5.75 Å². The molecule has 0 saturated heterocycles. The van der Waals surface area contributed by atoms with Crippen LogP contribution in [0.4, 0.5) is 5.69 Å². The van der Waals surface area contributed by atoms with Crippen molar-refractivity contribution >= 4 is 29.3 Å². The molecule has 0 aromatic heterocycles. The third-order valence-electron chi connectivity index (χ3n) is 2.71. The van der Waals surface area contributed by atoms with Gasteiger partial charge in [0, 0.05) is 18.0 Å². The van der Waals surface area contributed by atoms with E-state index >= 15 is 0 Å². The van der Waals surface area contributed by atoms with Gasteiger partial charge in [0.25, 0.3) is 0 Å². The molecule has 0 radical (unpaired) electrons. The van der Waals surface area contributed by atoms with Gasteiger partial charge < -0.3 is 20.5 Å². The summed E-state index contributed by atoms with van der Waals surface area (Å²) in [6.45, 7) is 4.06.